The van der Waals surface area contributed by atoms with Crippen molar-refractivity contribution in [2.45, 2.75) is 18.6 Å². The molecule has 1 amide bonds. The minimum Gasteiger partial charge on any atom is -0.475 e. The summed E-state index contributed by atoms with van der Waals surface area (Å²) in [5.41, 5.74) is 5.81. The largest absolute Gasteiger partial charge is 0.475 e. The van der Waals surface area contributed by atoms with Gasteiger partial charge in [0.05, 0.1) is 18.2 Å². The van der Waals surface area contributed by atoms with Crippen LogP contribution in [0.1, 0.15) is 11.1 Å². The zero-order valence-electron chi connectivity index (χ0n) is 13.6. The summed E-state index contributed by atoms with van der Waals surface area (Å²) < 4.78 is 42.8. The fourth-order valence-corrected chi connectivity index (χ4v) is 2.32. The molecule has 1 aromatic heterocycles. The number of rotatable bonds is 7. The van der Waals surface area contributed by atoms with Gasteiger partial charge < -0.3 is 15.8 Å². The number of pyridine rings is 1. The molecule has 1 aromatic carbocycles. The number of aromatic nitrogens is 1. The van der Waals surface area contributed by atoms with Gasteiger partial charge in [0.2, 0.25) is 11.8 Å². The van der Waals surface area contributed by atoms with Crippen molar-refractivity contribution in [2.75, 3.05) is 13.2 Å². The van der Waals surface area contributed by atoms with Crippen LogP contribution in [0, 0.1) is 0 Å². The average molecular weight is 388 g/mol. The molecular formula is C17H17ClF3N3O2. The maximum atomic E-state index is 12.5. The Labute approximate surface area is 153 Å². The van der Waals surface area contributed by atoms with Crippen LogP contribution in [0.4, 0.5) is 13.2 Å². The third kappa shape index (κ3) is 5.89. The summed E-state index contributed by atoms with van der Waals surface area (Å²) in [4.78, 5) is 15.5. The SMILES string of the molecule is NC(Cc1ccccc1)C(=O)NCCOc1ncc(C(F)(F)F)cc1Cl. The molecular weight excluding hydrogens is 371 g/mol. The molecule has 0 fully saturated rings. The summed E-state index contributed by atoms with van der Waals surface area (Å²) in [7, 11) is 0. The van der Waals surface area contributed by atoms with Gasteiger partial charge >= 0.3 is 6.18 Å². The fourth-order valence-electron chi connectivity index (χ4n) is 2.10. The molecule has 0 aliphatic heterocycles. The maximum absolute atomic E-state index is 12.5. The van der Waals surface area contributed by atoms with Crippen LogP contribution < -0.4 is 15.8 Å². The number of halogens is 4. The van der Waals surface area contributed by atoms with Crippen molar-refractivity contribution in [2.24, 2.45) is 5.73 Å². The Morgan fingerprint density at radius 3 is 2.62 bits per heavy atom. The number of ether oxygens (including phenoxy) is 1. The van der Waals surface area contributed by atoms with Crippen LogP contribution in [0.15, 0.2) is 42.6 Å². The first-order valence-electron chi connectivity index (χ1n) is 7.70. The number of nitrogens with one attached hydrogen (secondary N) is 1. The fraction of sp³-hybridized carbons (Fsp3) is 0.294. The predicted octanol–water partition coefficient (Wildman–Crippen LogP) is 2.82. The van der Waals surface area contributed by atoms with Crippen LogP contribution >= 0.6 is 11.6 Å². The third-order valence-corrected chi connectivity index (χ3v) is 3.68. The number of carbonyl (C=O) groups is 1. The zero-order chi connectivity index (χ0) is 19.2. The number of nitrogens with two attached hydrogens (primary N) is 1. The van der Waals surface area contributed by atoms with Crippen LogP contribution in [0.2, 0.25) is 5.02 Å². The van der Waals surface area contributed by atoms with E-state index in [0.29, 0.717) is 12.6 Å². The van der Waals surface area contributed by atoms with E-state index < -0.39 is 17.8 Å². The highest BCUT2D eigenvalue weighted by Gasteiger charge is 2.31. The summed E-state index contributed by atoms with van der Waals surface area (Å²) >= 11 is 5.72. The smallest absolute Gasteiger partial charge is 0.417 e. The second-order valence-electron chi connectivity index (χ2n) is 5.44. The Morgan fingerprint density at radius 2 is 2.00 bits per heavy atom. The summed E-state index contributed by atoms with van der Waals surface area (Å²) in [6, 6.07) is 9.34. The summed E-state index contributed by atoms with van der Waals surface area (Å²) in [6.45, 7) is 0.0994. The van der Waals surface area contributed by atoms with Crippen molar-refractivity contribution in [1.29, 1.82) is 0 Å². The predicted molar refractivity (Wildman–Crippen MR) is 90.9 cm³/mol. The molecule has 3 N–H and O–H groups in total. The van der Waals surface area contributed by atoms with Gasteiger partial charge in [0.15, 0.2) is 0 Å². The van der Waals surface area contributed by atoms with Crippen LogP contribution in [0.5, 0.6) is 5.88 Å². The van der Waals surface area contributed by atoms with Gasteiger partial charge in [-0.3, -0.25) is 4.79 Å². The lowest BCUT2D eigenvalue weighted by Gasteiger charge is -2.13. The molecule has 9 heteroatoms. The average Bonchev–Trinajstić information content (AvgIpc) is 2.59. The first-order valence-corrected chi connectivity index (χ1v) is 8.08. The van der Waals surface area contributed by atoms with Crippen LogP contribution in [-0.2, 0) is 17.4 Å². The van der Waals surface area contributed by atoms with Crippen LogP contribution in [0.25, 0.3) is 0 Å². The van der Waals surface area contributed by atoms with E-state index in [4.69, 9.17) is 22.1 Å². The number of benzene rings is 1. The van der Waals surface area contributed by atoms with Crippen molar-refractivity contribution in [3.63, 3.8) is 0 Å². The first kappa shape index (κ1) is 20.0. The Kier molecular flexibility index (Phi) is 6.82. The minimum atomic E-state index is -4.53. The lowest BCUT2D eigenvalue weighted by atomic mass is 10.1. The van der Waals surface area contributed by atoms with E-state index in [-0.39, 0.29) is 30.0 Å². The number of alkyl halides is 3. The Balaban J connectivity index is 1.77. The van der Waals surface area contributed by atoms with Crippen LogP contribution in [-0.4, -0.2) is 30.1 Å². The van der Waals surface area contributed by atoms with Crippen molar-refractivity contribution in [3.05, 3.63) is 58.7 Å². The number of carbonyl (C=O) groups excluding carboxylic acids is 1. The number of hydrogen-bond donors (Lipinski definition) is 2. The van der Waals surface area contributed by atoms with Crippen molar-refractivity contribution >= 4 is 17.5 Å². The number of nitrogens with zero attached hydrogens (tertiary/aromatic N) is 1. The van der Waals surface area contributed by atoms with E-state index in [1.807, 2.05) is 30.3 Å². The molecule has 2 aromatic rings. The molecule has 1 atom stereocenters. The van der Waals surface area contributed by atoms with Gasteiger partial charge in [0, 0.05) is 6.20 Å². The highest BCUT2D eigenvalue weighted by molar-refractivity contribution is 6.31. The minimum absolute atomic E-state index is 0.0120. The topological polar surface area (TPSA) is 77.2 Å². The van der Waals surface area contributed by atoms with E-state index in [9.17, 15) is 18.0 Å². The molecule has 0 aliphatic carbocycles. The molecule has 140 valence electrons. The Morgan fingerprint density at radius 1 is 1.31 bits per heavy atom. The second kappa shape index (κ2) is 8.86. The molecule has 0 aliphatic rings. The Bertz CT molecular complexity index is 742. The third-order valence-electron chi connectivity index (χ3n) is 3.41. The quantitative estimate of drug-likeness (QED) is 0.716. The first-order chi connectivity index (χ1) is 12.3. The van der Waals surface area contributed by atoms with E-state index in [1.54, 1.807) is 0 Å². The van der Waals surface area contributed by atoms with Gasteiger partial charge in [-0.2, -0.15) is 13.2 Å². The van der Waals surface area contributed by atoms with E-state index >= 15 is 0 Å². The maximum Gasteiger partial charge on any atom is 0.417 e. The molecule has 0 radical (unpaired) electrons. The van der Waals surface area contributed by atoms with Gasteiger partial charge in [-0.15, -0.1) is 0 Å². The summed E-state index contributed by atoms with van der Waals surface area (Å²) in [5, 5.41) is 2.33. The molecule has 0 saturated heterocycles. The molecule has 5 nitrogen and oxygen atoms in total. The molecule has 0 spiro atoms. The molecule has 0 saturated carbocycles. The second-order valence-corrected chi connectivity index (χ2v) is 5.85. The highest BCUT2D eigenvalue weighted by atomic mass is 35.5. The summed E-state index contributed by atoms with van der Waals surface area (Å²) in [5.74, 6) is -0.494. The van der Waals surface area contributed by atoms with Crippen molar-refractivity contribution < 1.29 is 22.7 Å². The number of hydrogen-bond acceptors (Lipinski definition) is 4. The monoisotopic (exact) mass is 387 g/mol. The van der Waals surface area contributed by atoms with Gasteiger partial charge in [-0.05, 0) is 18.1 Å². The lowest BCUT2D eigenvalue weighted by molar-refractivity contribution is -0.137. The van der Waals surface area contributed by atoms with Gasteiger partial charge in [-0.25, -0.2) is 4.98 Å². The zero-order valence-corrected chi connectivity index (χ0v) is 14.3. The van der Waals surface area contributed by atoms with Gasteiger partial charge in [-0.1, -0.05) is 41.9 Å². The Hall–Kier alpha value is -2.32. The summed E-state index contributed by atoms with van der Waals surface area (Å²) in [6.07, 6.45) is -3.51. The molecule has 2 rings (SSSR count). The van der Waals surface area contributed by atoms with Gasteiger partial charge in [0.1, 0.15) is 11.6 Å². The number of amides is 1. The van der Waals surface area contributed by atoms with E-state index in [0.717, 1.165) is 11.6 Å². The lowest BCUT2D eigenvalue weighted by Crippen LogP contribution is -2.43. The standard InChI is InChI=1S/C17H17ClF3N3O2/c18-13-9-12(17(19,20)21)10-24-16(13)26-7-6-23-15(25)14(22)8-11-4-2-1-3-5-11/h1-5,9-10,14H,6-8,22H2,(H,23,25). The molecule has 1 unspecified atom stereocenters. The normalized spacial score (nSPS) is 12.5. The van der Waals surface area contributed by atoms with E-state index in [1.165, 1.54) is 0 Å². The molecule has 0 bridgehead atoms. The molecule has 1 heterocycles. The molecule has 26 heavy (non-hydrogen) atoms. The van der Waals surface area contributed by atoms with E-state index in [2.05, 4.69) is 10.3 Å². The van der Waals surface area contributed by atoms with Crippen molar-refractivity contribution in [3.8, 4) is 5.88 Å². The van der Waals surface area contributed by atoms with Crippen molar-refractivity contribution in [1.82, 2.24) is 10.3 Å². The van der Waals surface area contributed by atoms with Gasteiger partial charge in [0.25, 0.3) is 0 Å². The van der Waals surface area contributed by atoms with Crippen LogP contribution in [0.3, 0.4) is 0 Å². The highest BCUT2D eigenvalue weighted by Crippen LogP contribution is 2.32.